The van der Waals surface area contributed by atoms with Crippen LogP contribution < -0.4 is 0 Å². The molecular weight excluding hydrogens is 260 g/mol. The van der Waals surface area contributed by atoms with Gasteiger partial charge in [0.1, 0.15) is 5.78 Å². The lowest BCUT2D eigenvalue weighted by Crippen LogP contribution is -2.07. The van der Waals surface area contributed by atoms with E-state index >= 15 is 0 Å². The number of hydrogen-bond acceptors (Lipinski definition) is 2. The minimum absolute atomic E-state index is 0.168. The van der Waals surface area contributed by atoms with Gasteiger partial charge in [0.05, 0.1) is 0 Å². The zero-order valence-corrected chi connectivity index (χ0v) is 10.8. The molecule has 3 heteroatoms. The first-order valence-electron chi connectivity index (χ1n) is 4.42. The summed E-state index contributed by atoms with van der Waals surface area (Å²) >= 11 is 7.41. The van der Waals surface area contributed by atoms with Crippen LogP contribution in [0.15, 0.2) is 16.6 Å². The number of Topliss-reactive ketones (excluding diaryl/α,β-unsaturated/α-hetero) is 1. The number of carbonyl (C=O) groups is 1. The zero-order chi connectivity index (χ0) is 10.7. The van der Waals surface area contributed by atoms with Crippen LogP contribution in [0.4, 0.5) is 0 Å². The summed E-state index contributed by atoms with van der Waals surface area (Å²) in [6, 6.07) is 4.07. The van der Waals surface area contributed by atoms with E-state index in [1.165, 1.54) is 0 Å². The van der Waals surface area contributed by atoms with Crippen molar-refractivity contribution in [2.75, 3.05) is 5.75 Å². The third kappa shape index (κ3) is 2.85. The SMILES string of the molecule is Cc1cc(Br)cc(C)c1CC(=O)CS. The summed E-state index contributed by atoms with van der Waals surface area (Å²) < 4.78 is 1.06. The molecule has 0 spiro atoms. The summed E-state index contributed by atoms with van der Waals surface area (Å²) in [5, 5.41) is 0. The lowest BCUT2D eigenvalue weighted by molar-refractivity contribution is -0.116. The molecule has 14 heavy (non-hydrogen) atoms. The summed E-state index contributed by atoms with van der Waals surface area (Å²) in [6.07, 6.45) is 0.494. The van der Waals surface area contributed by atoms with Crippen LogP contribution in [0.5, 0.6) is 0 Å². The molecule has 0 aliphatic carbocycles. The molecule has 0 aromatic heterocycles. The number of hydrogen-bond donors (Lipinski definition) is 1. The van der Waals surface area contributed by atoms with Gasteiger partial charge < -0.3 is 0 Å². The Balaban J connectivity index is 3.02. The van der Waals surface area contributed by atoms with Gasteiger partial charge in [0.25, 0.3) is 0 Å². The Morgan fingerprint density at radius 3 is 2.29 bits per heavy atom. The van der Waals surface area contributed by atoms with Crippen molar-refractivity contribution in [3.63, 3.8) is 0 Å². The minimum atomic E-state index is 0.168. The van der Waals surface area contributed by atoms with Crippen molar-refractivity contribution in [1.29, 1.82) is 0 Å². The van der Waals surface area contributed by atoms with Crippen LogP contribution in [0.3, 0.4) is 0 Å². The first-order chi connectivity index (χ1) is 6.54. The van der Waals surface area contributed by atoms with E-state index in [0.717, 1.165) is 21.2 Å². The van der Waals surface area contributed by atoms with Gasteiger partial charge in [-0.05, 0) is 42.7 Å². The third-order valence-corrected chi connectivity index (χ3v) is 3.02. The molecule has 0 heterocycles. The molecule has 0 saturated heterocycles. The van der Waals surface area contributed by atoms with Gasteiger partial charge >= 0.3 is 0 Å². The molecule has 0 fully saturated rings. The normalized spacial score (nSPS) is 10.3. The van der Waals surface area contributed by atoms with Crippen LogP contribution >= 0.6 is 28.6 Å². The second-order valence-electron chi connectivity index (χ2n) is 3.39. The van der Waals surface area contributed by atoms with E-state index in [2.05, 4.69) is 28.6 Å². The maximum atomic E-state index is 11.3. The second-order valence-corrected chi connectivity index (χ2v) is 4.62. The third-order valence-electron chi connectivity index (χ3n) is 2.21. The fraction of sp³-hybridized carbons (Fsp3) is 0.364. The first kappa shape index (κ1) is 11.8. The number of ketones is 1. The molecule has 0 aliphatic rings. The maximum absolute atomic E-state index is 11.3. The Morgan fingerprint density at radius 2 is 1.86 bits per heavy atom. The molecule has 0 bridgehead atoms. The topological polar surface area (TPSA) is 17.1 Å². The van der Waals surface area contributed by atoms with E-state index in [1.54, 1.807) is 0 Å². The van der Waals surface area contributed by atoms with Gasteiger partial charge in [0.2, 0.25) is 0 Å². The molecule has 0 amide bonds. The number of carbonyl (C=O) groups excluding carboxylic acids is 1. The lowest BCUT2D eigenvalue weighted by Gasteiger charge is -2.09. The molecule has 1 nitrogen and oxygen atoms in total. The van der Waals surface area contributed by atoms with Crippen molar-refractivity contribution in [2.45, 2.75) is 20.3 Å². The summed E-state index contributed by atoms with van der Waals surface area (Å²) in [6.45, 7) is 4.05. The van der Waals surface area contributed by atoms with Gasteiger partial charge in [-0.15, -0.1) is 0 Å². The minimum Gasteiger partial charge on any atom is -0.298 e. The average molecular weight is 273 g/mol. The fourth-order valence-electron chi connectivity index (χ4n) is 1.47. The average Bonchev–Trinajstić information content (AvgIpc) is 2.10. The van der Waals surface area contributed by atoms with Crippen molar-refractivity contribution >= 4 is 34.3 Å². The highest BCUT2D eigenvalue weighted by molar-refractivity contribution is 9.10. The van der Waals surface area contributed by atoms with Crippen LogP contribution in [0.25, 0.3) is 0 Å². The molecule has 76 valence electrons. The van der Waals surface area contributed by atoms with Crippen molar-refractivity contribution < 1.29 is 4.79 Å². The summed E-state index contributed by atoms with van der Waals surface area (Å²) in [5.41, 5.74) is 3.45. The summed E-state index contributed by atoms with van der Waals surface area (Å²) in [7, 11) is 0. The predicted octanol–water partition coefficient (Wildman–Crippen LogP) is 3.11. The van der Waals surface area contributed by atoms with Gasteiger partial charge in [-0.25, -0.2) is 0 Å². The van der Waals surface area contributed by atoms with Gasteiger partial charge in [-0.2, -0.15) is 12.6 Å². The van der Waals surface area contributed by atoms with Crippen molar-refractivity contribution in [3.05, 3.63) is 33.3 Å². The number of rotatable bonds is 3. The maximum Gasteiger partial charge on any atom is 0.146 e. The van der Waals surface area contributed by atoms with Gasteiger partial charge in [-0.3, -0.25) is 4.79 Å². The molecule has 0 N–H and O–H groups in total. The Bertz CT molecular complexity index is 337. The summed E-state index contributed by atoms with van der Waals surface area (Å²) in [4.78, 5) is 11.3. The number of aryl methyl sites for hydroxylation is 2. The number of thiol groups is 1. The highest BCUT2D eigenvalue weighted by Gasteiger charge is 2.08. The van der Waals surface area contributed by atoms with Gasteiger partial charge in [0, 0.05) is 16.6 Å². The molecule has 0 unspecified atom stereocenters. The highest BCUT2D eigenvalue weighted by Crippen LogP contribution is 2.21. The molecule has 0 radical (unpaired) electrons. The van der Waals surface area contributed by atoms with Crippen LogP contribution in [0, 0.1) is 13.8 Å². The Labute approximate surface area is 98.4 Å². The molecule has 0 atom stereocenters. The first-order valence-corrected chi connectivity index (χ1v) is 5.85. The lowest BCUT2D eigenvalue weighted by atomic mass is 9.99. The van der Waals surface area contributed by atoms with Crippen LogP contribution in [0.2, 0.25) is 0 Å². The largest absolute Gasteiger partial charge is 0.298 e. The monoisotopic (exact) mass is 272 g/mol. The van der Waals surface area contributed by atoms with E-state index in [0.29, 0.717) is 12.2 Å². The second kappa shape index (κ2) is 4.99. The van der Waals surface area contributed by atoms with Crippen molar-refractivity contribution in [3.8, 4) is 0 Å². The molecule has 0 saturated carbocycles. The smallest absolute Gasteiger partial charge is 0.146 e. The molecule has 1 aromatic carbocycles. The van der Waals surface area contributed by atoms with Crippen molar-refractivity contribution in [1.82, 2.24) is 0 Å². The van der Waals surface area contributed by atoms with Gasteiger partial charge in [0.15, 0.2) is 0 Å². The Morgan fingerprint density at radius 1 is 1.36 bits per heavy atom. The van der Waals surface area contributed by atoms with E-state index < -0.39 is 0 Å². The highest BCUT2D eigenvalue weighted by atomic mass is 79.9. The molecular formula is C11H13BrOS. The Kier molecular flexibility index (Phi) is 4.20. The van der Waals surface area contributed by atoms with E-state index in [4.69, 9.17) is 0 Å². The quantitative estimate of drug-likeness (QED) is 0.837. The van der Waals surface area contributed by atoms with E-state index in [-0.39, 0.29) is 5.78 Å². The zero-order valence-electron chi connectivity index (χ0n) is 8.30. The van der Waals surface area contributed by atoms with Crippen molar-refractivity contribution in [2.24, 2.45) is 0 Å². The standard InChI is InChI=1S/C11H13BrOS/c1-7-3-9(12)4-8(2)11(7)5-10(13)6-14/h3-4,14H,5-6H2,1-2H3. The van der Waals surface area contributed by atoms with E-state index in [9.17, 15) is 4.79 Å². The molecule has 1 rings (SSSR count). The molecule has 0 aliphatic heterocycles. The molecule has 1 aromatic rings. The number of benzene rings is 1. The van der Waals surface area contributed by atoms with Crippen LogP contribution in [-0.2, 0) is 11.2 Å². The van der Waals surface area contributed by atoms with E-state index in [1.807, 2.05) is 26.0 Å². The van der Waals surface area contributed by atoms with Crippen LogP contribution in [-0.4, -0.2) is 11.5 Å². The summed E-state index contributed by atoms with van der Waals surface area (Å²) in [5.74, 6) is 0.483. The van der Waals surface area contributed by atoms with Gasteiger partial charge in [-0.1, -0.05) is 15.9 Å². The predicted molar refractivity (Wildman–Crippen MR) is 66.2 cm³/mol. The van der Waals surface area contributed by atoms with Crippen LogP contribution in [0.1, 0.15) is 16.7 Å². The number of halogens is 1. The fourth-order valence-corrected chi connectivity index (χ4v) is 2.27. The Hall–Kier alpha value is -0.280.